The van der Waals surface area contributed by atoms with Gasteiger partial charge in [-0.25, -0.2) is 5.43 Å². The Morgan fingerprint density at radius 2 is 1.96 bits per heavy atom. The average Bonchev–Trinajstić information content (AvgIpc) is 3.02. The number of amides is 1. The number of ether oxygens (including phenoxy) is 2. The molecule has 0 saturated heterocycles. The van der Waals surface area contributed by atoms with E-state index >= 15 is 0 Å². The minimum Gasteiger partial charge on any atom is -0.508 e. The lowest BCUT2D eigenvalue weighted by molar-refractivity contribution is -0.116. The molecule has 1 aliphatic rings. The maximum Gasteiger partial charge on any atom is 0.264 e. The van der Waals surface area contributed by atoms with E-state index in [1.165, 1.54) is 30.5 Å². The summed E-state index contributed by atoms with van der Waals surface area (Å²) in [6, 6.07) is 9.40. The smallest absolute Gasteiger partial charge is 0.264 e. The quantitative estimate of drug-likeness (QED) is 0.453. The number of carbonyl (C=O) groups is 1. The van der Waals surface area contributed by atoms with Crippen LogP contribution in [-0.2, 0) is 4.79 Å². The van der Waals surface area contributed by atoms with Gasteiger partial charge in [-0.1, -0.05) is 6.07 Å². The number of aromatic hydroxyl groups is 2. The molecule has 0 aliphatic carbocycles. The van der Waals surface area contributed by atoms with Crippen molar-refractivity contribution < 1.29 is 24.5 Å². The molecule has 0 bridgehead atoms. The van der Waals surface area contributed by atoms with Crippen LogP contribution in [-0.4, -0.2) is 29.1 Å². The first kappa shape index (κ1) is 15.4. The summed E-state index contributed by atoms with van der Waals surface area (Å²) in [5.74, 6) is 0.694. The van der Waals surface area contributed by atoms with Crippen LogP contribution in [0.1, 0.15) is 11.1 Å². The van der Waals surface area contributed by atoms with Crippen molar-refractivity contribution >= 4 is 18.2 Å². The predicted molar refractivity (Wildman–Crippen MR) is 87.1 cm³/mol. The fourth-order valence-corrected chi connectivity index (χ4v) is 2.03. The van der Waals surface area contributed by atoms with Crippen molar-refractivity contribution in [3.8, 4) is 23.0 Å². The van der Waals surface area contributed by atoms with Gasteiger partial charge in [0.25, 0.3) is 5.91 Å². The molecule has 1 amide bonds. The molecule has 0 spiro atoms. The summed E-state index contributed by atoms with van der Waals surface area (Å²) in [6.07, 6.45) is 4.22. The zero-order valence-electron chi connectivity index (χ0n) is 12.5. The van der Waals surface area contributed by atoms with E-state index in [1.54, 1.807) is 24.3 Å². The Bertz CT molecular complexity index is 830. The minimum atomic E-state index is -0.429. The van der Waals surface area contributed by atoms with Gasteiger partial charge in [-0.2, -0.15) is 5.10 Å². The highest BCUT2D eigenvalue weighted by Gasteiger charge is 2.12. The second-order valence-corrected chi connectivity index (χ2v) is 4.92. The second kappa shape index (κ2) is 6.74. The van der Waals surface area contributed by atoms with Gasteiger partial charge < -0.3 is 19.7 Å². The van der Waals surface area contributed by atoms with Gasteiger partial charge in [0.1, 0.15) is 11.5 Å². The first-order valence-electron chi connectivity index (χ1n) is 7.04. The maximum atomic E-state index is 11.7. The van der Waals surface area contributed by atoms with Crippen LogP contribution in [0.3, 0.4) is 0 Å². The van der Waals surface area contributed by atoms with E-state index in [-0.39, 0.29) is 18.3 Å². The molecule has 0 saturated carbocycles. The molecule has 0 atom stereocenters. The molecule has 0 radical (unpaired) electrons. The summed E-state index contributed by atoms with van der Waals surface area (Å²) in [6.45, 7) is 0.196. The highest BCUT2D eigenvalue weighted by molar-refractivity contribution is 5.93. The number of hydrazone groups is 1. The Morgan fingerprint density at radius 3 is 2.79 bits per heavy atom. The lowest BCUT2D eigenvalue weighted by atomic mass is 10.2. The number of benzene rings is 2. The third-order valence-electron chi connectivity index (χ3n) is 3.22. The van der Waals surface area contributed by atoms with Crippen LogP contribution >= 0.6 is 0 Å². The molecule has 1 aliphatic heterocycles. The molecular weight excluding hydrogens is 312 g/mol. The van der Waals surface area contributed by atoms with E-state index in [0.29, 0.717) is 17.1 Å². The number of phenolic OH excluding ortho intramolecular Hbond substituents is 2. The van der Waals surface area contributed by atoms with Crippen LogP contribution in [0.25, 0.3) is 6.08 Å². The Hall–Kier alpha value is -3.48. The molecule has 0 aromatic heterocycles. The van der Waals surface area contributed by atoms with Gasteiger partial charge in [0.2, 0.25) is 6.79 Å². The fraction of sp³-hybridized carbons (Fsp3) is 0.0588. The zero-order valence-corrected chi connectivity index (χ0v) is 12.5. The first-order valence-corrected chi connectivity index (χ1v) is 7.04. The number of nitrogens with one attached hydrogen (secondary N) is 1. The van der Waals surface area contributed by atoms with Crippen LogP contribution in [0.5, 0.6) is 23.0 Å². The monoisotopic (exact) mass is 326 g/mol. The number of hydrogen-bond acceptors (Lipinski definition) is 6. The van der Waals surface area contributed by atoms with Crippen LogP contribution in [0, 0.1) is 0 Å². The minimum absolute atomic E-state index is 0.0552. The average molecular weight is 326 g/mol. The second-order valence-electron chi connectivity index (χ2n) is 4.92. The van der Waals surface area contributed by atoms with Gasteiger partial charge in [-0.05, 0) is 35.9 Å². The molecule has 0 unspecified atom stereocenters. The van der Waals surface area contributed by atoms with E-state index in [0.717, 1.165) is 5.56 Å². The van der Waals surface area contributed by atoms with Crippen LogP contribution in [0.4, 0.5) is 0 Å². The summed E-state index contributed by atoms with van der Waals surface area (Å²) in [5, 5.41) is 22.5. The molecule has 7 heteroatoms. The number of carbonyl (C=O) groups excluding carboxylic acids is 1. The van der Waals surface area contributed by atoms with E-state index in [2.05, 4.69) is 10.5 Å². The Labute approximate surface area is 137 Å². The lowest BCUT2D eigenvalue weighted by Gasteiger charge is -1.99. The molecular formula is C17H14N2O5. The van der Waals surface area contributed by atoms with E-state index < -0.39 is 5.91 Å². The van der Waals surface area contributed by atoms with Gasteiger partial charge in [0.05, 0.1) is 6.21 Å². The van der Waals surface area contributed by atoms with Crippen molar-refractivity contribution in [1.29, 1.82) is 0 Å². The highest BCUT2D eigenvalue weighted by atomic mass is 16.7. The van der Waals surface area contributed by atoms with Gasteiger partial charge in [-0.15, -0.1) is 0 Å². The summed E-state index contributed by atoms with van der Waals surface area (Å²) < 4.78 is 10.5. The van der Waals surface area contributed by atoms with E-state index in [1.807, 2.05) is 0 Å². The van der Waals surface area contributed by atoms with Crippen molar-refractivity contribution in [3.05, 3.63) is 53.6 Å². The van der Waals surface area contributed by atoms with Crippen molar-refractivity contribution in [1.82, 2.24) is 5.43 Å². The van der Waals surface area contributed by atoms with Crippen molar-refractivity contribution in [2.75, 3.05) is 6.79 Å². The number of hydrogen-bond donors (Lipinski definition) is 3. The lowest BCUT2D eigenvalue weighted by Crippen LogP contribution is -2.14. The standard InChI is InChI=1S/C17H14N2O5/c20-13-4-3-12(14(21)8-13)9-18-19-17(22)6-2-11-1-5-15-16(7-11)24-10-23-15/h1-9,20-21H,10H2,(H,19,22). The normalized spacial score (nSPS) is 12.8. The van der Waals surface area contributed by atoms with Crippen LogP contribution in [0.15, 0.2) is 47.6 Å². The maximum absolute atomic E-state index is 11.7. The molecule has 3 rings (SSSR count). The molecule has 0 fully saturated rings. The van der Waals surface area contributed by atoms with Crippen LogP contribution in [0.2, 0.25) is 0 Å². The molecule has 2 aromatic rings. The summed E-state index contributed by atoms with van der Waals surface area (Å²) >= 11 is 0. The molecule has 3 N–H and O–H groups in total. The number of phenols is 2. The third kappa shape index (κ3) is 3.64. The summed E-state index contributed by atoms with van der Waals surface area (Å²) in [7, 11) is 0. The SMILES string of the molecule is O=C(C=Cc1ccc2c(c1)OCO2)NN=Cc1ccc(O)cc1O. The molecule has 7 nitrogen and oxygen atoms in total. The van der Waals surface area contributed by atoms with Crippen molar-refractivity contribution in [2.45, 2.75) is 0 Å². The van der Waals surface area contributed by atoms with Gasteiger partial charge in [0, 0.05) is 17.7 Å². The summed E-state index contributed by atoms with van der Waals surface area (Å²) in [5.41, 5.74) is 3.46. The number of fused-ring (bicyclic) bond motifs is 1. The topological polar surface area (TPSA) is 100 Å². The summed E-state index contributed by atoms with van der Waals surface area (Å²) in [4.78, 5) is 11.7. The Morgan fingerprint density at radius 1 is 1.12 bits per heavy atom. The first-order chi connectivity index (χ1) is 11.6. The van der Waals surface area contributed by atoms with Crippen molar-refractivity contribution in [3.63, 3.8) is 0 Å². The highest BCUT2D eigenvalue weighted by Crippen LogP contribution is 2.32. The van der Waals surface area contributed by atoms with Gasteiger partial charge in [0.15, 0.2) is 11.5 Å². The molecule has 24 heavy (non-hydrogen) atoms. The number of nitrogens with zero attached hydrogens (tertiary/aromatic N) is 1. The van der Waals surface area contributed by atoms with Crippen LogP contribution < -0.4 is 14.9 Å². The van der Waals surface area contributed by atoms with E-state index in [9.17, 15) is 15.0 Å². The predicted octanol–water partition coefficient (Wildman–Crippen LogP) is 1.99. The van der Waals surface area contributed by atoms with Crippen molar-refractivity contribution in [2.24, 2.45) is 5.10 Å². The molecule has 2 aromatic carbocycles. The van der Waals surface area contributed by atoms with Gasteiger partial charge >= 0.3 is 0 Å². The van der Waals surface area contributed by atoms with Gasteiger partial charge in [-0.3, -0.25) is 4.79 Å². The molecule has 1 heterocycles. The fourth-order valence-electron chi connectivity index (χ4n) is 2.03. The zero-order chi connectivity index (χ0) is 16.9. The third-order valence-corrected chi connectivity index (χ3v) is 3.22. The number of rotatable bonds is 4. The Kier molecular flexibility index (Phi) is 4.33. The largest absolute Gasteiger partial charge is 0.508 e. The molecule has 122 valence electrons. The Balaban J connectivity index is 1.58. The van der Waals surface area contributed by atoms with E-state index in [4.69, 9.17) is 9.47 Å².